The highest BCUT2D eigenvalue weighted by Crippen LogP contribution is 2.32. The molecular formula is C20H16N2O5S2. The summed E-state index contributed by atoms with van der Waals surface area (Å²) in [7, 11) is 0. The van der Waals surface area contributed by atoms with Crippen LogP contribution in [0.1, 0.15) is 22.3 Å². The summed E-state index contributed by atoms with van der Waals surface area (Å²) in [4.78, 5) is 37.7. The molecule has 0 spiro atoms. The number of thioether (sulfide) groups is 1. The monoisotopic (exact) mass is 428 g/mol. The molecule has 1 heterocycles. The van der Waals surface area contributed by atoms with Gasteiger partial charge in [0.1, 0.15) is 15.6 Å². The summed E-state index contributed by atoms with van der Waals surface area (Å²) in [5.41, 5.74) is 0.803. The first-order chi connectivity index (χ1) is 13.8. The third kappa shape index (κ3) is 5.01. The Hall–Kier alpha value is -3.17. The number of carboxylic acids is 1. The van der Waals surface area contributed by atoms with Gasteiger partial charge in [-0.15, -0.1) is 0 Å². The second-order valence-corrected chi connectivity index (χ2v) is 7.76. The number of phenols is 1. The van der Waals surface area contributed by atoms with Gasteiger partial charge < -0.3 is 15.5 Å². The number of carboxylic acid groups (broad SMARTS) is 1. The predicted molar refractivity (Wildman–Crippen MR) is 115 cm³/mol. The van der Waals surface area contributed by atoms with E-state index in [0.29, 0.717) is 9.23 Å². The minimum absolute atomic E-state index is 0.0195. The topological polar surface area (TPSA) is 107 Å². The molecule has 0 unspecified atom stereocenters. The van der Waals surface area contributed by atoms with Crippen LogP contribution in [0.3, 0.4) is 0 Å². The number of carbonyl (C=O) groups excluding carboxylic acids is 2. The molecule has 9 heteroatoms. The molecule has 1 fully saturated rings. The Morgan fingerprint density at radius 2 is 1.90 bits per heavy atom. The van der Waals surface area contributed by atoms with Crippen LogP contribution >= 0.6 is 24.0 Å². The van der Waals surface area contributed by atoms with Gasteiger partial charge in [0, 0.05) is 18.7 Å². The molecule has 29 heavy (non-hydrogen) atoms. The number of thiocarbonyl (C=S) groups is 1. The number of hydrogen-bond acceptors (Lipinski definition) is 6. The number of amides is 2. The van der Waals surface area contributed by atoms with Crippen LogP contribution in [0.25, 0.3) is 6.08 Å². The highest BCUT2D eigenvalue weighted by atomic mass is 32.2. The van der Waals surface area contributed by atoms with Gasteiger partial charge in [-0.1, -0.05) is 54.3 Å². The number of aromatic carboxylic acids is 1. The SMILES string of the molecule is O=C(CCN1C(=O)/C(=C\c2ccccc2)SC1=S)Nc1ccc(O)c(C(=O)O)c1. The van der Waals surface area contributed by atoms with Crippen LogP contribution in [0, 0.1) is 0 Å². The van der Waals surface area contributed by atoms with Gasteiger partial charge in [-0.2, -0.15) is 0 Å². The summed E-state index contributed by atoms with van der Waals surface area (Å²) >= 11 is 6.44. The molecule has 0 saturated carbocycles. The minimum Gasteiger partial charge on any atom is -0.507 e. The number of aromatic hydroxyl groups is 1. The first kappa shape index (κ1) is 20.6. The summed E-state index contributed by atoms with van der Waals surface area (Å²) in [5, 5.41) is 21.1. The maximum absolute atomic E-state index is 12.6. The van der Waals surface area contributed by atoms with Gasteiger partial charge in [0.2, 0.25) is 5.91 Å². The summed E-state index contributed by atoms with van der Waals surface area (Å²) < 4.78 is 0.378. The van der Waals surface area contributed by atoms with Crippen LogP contribution in [-0.2, 0) is 9.59 Å². The largest absolute Gasteiger partial charge is 0.507 e. The lowest BCUT2D eigenvalue weighted by Gasteiger charge is -2.14. The summed E-state index contributed by atoms with van der Waals surface area (Å²) in [5.74, 6) is -2.36. The van der Waals surface area contributed by atoms with Crippen molar-refractivity contribution >= 4 is 57.8 Å². The van der Waals surface area contributed by atoms with Gasteiger partial charge in [0.25, 0.3) is 5.91 Å². The third-order valence-corrected chi connectivity index (χ3v) is 5.42. The fourth-order valence-electron chi connectivity index (χ4n) is 2.62. The molecule has 2 aromatic carbocycles. The second kappa shape index (κ2) is 8.89. The zero-order chi connectivity index (χ0) is 21.0. The maximum Gasteiger partial charge on any atom is 0.339 e. The van der Waals surface area contributed by atoms with Gasteiger partial charge in [0.05, 0.1) is 4.91 Å². The van der Waals surface area contributed by atoms with Crippen LogP contribution in [0.15, 0.2) is 53.4 Å². The Kier molecular flexibility index (Phi) is 6.30. The standard InChI is InChI=1S/C20H16N2O5S2/c23-15-7-6-13(11-14(15)19(26)27)21-17(24)8-9-22-18(25)16(29-20(22)28)10-12-4-2-1-3-5-12/h1-7,10-11,23H,8-9H2,(H,21,24)(H,26,27)/b16-10+. The number of nitrogens with zero attached hydrogens (tertiary/aromatic N) is 1. The summed E-state index contributed by atoms with van der Waals surface area (Å²) in [6.07, 6.45) is 1.73. The molecule has 1 aliphatic rings. The number of benzene rings is 2. The van der Waals surface area contributed by atoms with E-state index in [9.17, 15) is 19.5 Å². The molecule has 7 nitrogen and oxygen atoms in total. The van der Waals surface area contributed by atoms with Crippen molar-refractivity contribution in [2.75, 3.05) is 11.9 Å². The third-order valence-electron chi connectivity index (χ3n) is 4.04. The number of hydrogen-bond donors (Lipinski definition) is 3. The van der Waals surface area contributed by atoms with Crippen molar-refractivity contribution in [2.45, 2.75) is 6.42 Å². The van der Waals surface area contributed by atoms with Gasteiger partial charge in [0.15, 0.2) is 0 Å². The lowest BCUT2D eigenvalue weighted by Crippen LogP contribution is -2.31. The van der Waals surface area contributed by atoms with E-state index < -0.39 is 17.6 Å². The summed E-state index contributed by atoms with van der Waals surface area (Å²) in [6.45, 7) is 0.104. The number of carbonyl (C=O) groups is 3. The van der Waals surface area contributed by atoms with E-state index >= 15 is 0 Å². The maximum atomic E-state index is 12.6. The van der Waals surface area contributed by atoms with Crippen molar-refractivity contribution in [2.24, 2.45) is 0 Å². The van der Waals surface area contributed by atoms with E-state index in [-0.39, 0.29) is 30.1 Å². The van der Waals surface area contributed by atoms with Crippen LogP contribution in [-0.4, -0.2) is 43.8 Å². The normalized spacial score (nSPS) is 15.0. The smallest absolute Gasteiger partial charge is 0.339 e. The fraction of sp³-hybridized carbons (Fsp3) is 0.100. The molecule has 148 valence electrons. The van der Waals surface area contributed by atoms with E-state index in [1.54, 1.807) is 6.08 Å². The van der Waals surface area contributed by atoms with Gasteiger partial charge in [-0.25, -0.2) is 4.79 Å². The number of rotatable bonds is 6. The lowest BCUT2D eigenvalue weighted by atomic mass is 10.1. The first-order valence-corrected chi connectivity index (χ1v) is 9.74. The van der Waals surface area contributed by atoms with Crippen molar-refractivity contribution in [3.63, 3.8) is 0 Å². The minimum atomic E-state index is -1.30. The van der Waals surface area contributed by atoms with E-state index in [2.05, 4.69) is 5.32 Å². The molecule has 2 amide bonds. The van der Waals surface area contributed by atoms with Crippen molar-refractivity contribution in [1.82, 2.24) is 4.90 Å². The first-order valence-electron chi connectivity index (χ1n) is 8.52. The lowest BCUT2D eigenvalue weighted by molar-refractivity contribution is -0.122. The van der Waals surface area contributed by atoms with E-state index in [0.717, 1.165) is 11.6 Å². The number of nitrogens with one attached hydrogen (secondary N) is 1. The molecule has 0 bridgehead atoms. The van der Waals surface area contributed by atoms with Crippen LogP contribution < -0.4 is 5.32 Å². The Balaban J connectivity index is 1.61. The van der Waals surface area contributed by atoms with E-state index in [1.165, 1.54) is 28.8 Å². The van der Waals surface area contributed by atoms with Gasteiger partial charge in [-0.3, -0.25) is 14.5 Å². The number of anilines is 1. The van der Waals surface area contributed by atoms with E-state index in [1.807, 2.05) is 30.3 Å². The molecular weight excluding hydrogens is 412 g/mol. The highest BCUT2D eigenvalue weighted by Gasteiger charge is 2.32. The summed E-state index contributed by atoms with van der Waals surface area (Å²) in [6, 6.07) is 13.1. The van der Waals surface area contributed by atoms with Gasteiger partial charge >= 0.3 is 5.97 Å². The molecule has 0 radical (unpaired) electrons. The average Bonchev–Trinajstić information content (AvgIpc) is 2.95. The Morgan fingerprint density at radius 3 is 2.59 bits per heavy atom. The predicted octanol–water partition coefficient (Wildman–Crippen LogP) is 3.32. The van der Waals surface area contributed by atoms with Crippen LogP contribution in [0.5, 0.6) is 5.75 Å². The highest BCUT2D eigenvalue weighted by molar-refractivity contribution is 8.26. The van der Waals surface area contributed by atoms with Crippen LogP contribution in [0.2, 0.25) is 0 Å². The molecule has 2 aromatic rings. The molecule has 0 aliphatic carbocycles. The molecule has 1 aliphatic heterocycles. The Morgan fingerprint density at radius 1 is 1.17 bits per heavy atom. The second-order valence-electron chi connectivity index (χ2n) is 6.08. The van der Waals surface area contributed by atoms with Crippen molar-refractivity contribution in [1.29, 1.82) is 0 Å². The zero-order valence-electron chi connectivity index (χ0n) is 15.0. The average molecular weight is 428 g/mol. The van der Waals surface area contributed by atoms with Crippen molar-refractivity contribution in [3.8, 4) is 5.75 Å². The zero-order valence-corrected chi connectivity index (χ0v) is 16.6. The molecule has 0 atom stereocenters. The van der Waals surface area contributed by atoms with Crippen LogP contribution in [0.4, 0.5) is 5.69 Å². The van der Waals surface area contributed by atoms with Crippen molar-refractivity contribution in [3.05, 3.63) is 64.6 Å². The molecule has 1 saturated heterocycles. The Bertz CT molecular complexity index is 1020. The fourth-order valence-corrected chi connectivity index (χ4v) is 3.92. The molecule has 3 rings (SSSR count). The quantitative estimate of drug-likeness (QED) is 0.368. The molecule has 0 aromatic heterocycles. The van der Waals surface area contributed by atoms with Gasteiger partial charge in [-0.05, 0) is 29.8 Å². The van der Waals surface area contributed by atoms with Crippen molar-refractivity contribution < 1.29 is 24.6 Å². The molecule has 3 N–H and O–H groups in total. The Labute approximate surface area is 176 Å². The van der Waals surface area contributed by atoms with E-state index in [4.69, 9.17) is 17.3 Å².